The standard InChI is InChI=1S/C17H16FNO5/c1-22-14-8-11(17(21)24-3)13(9-15(14)23-2)19-16(20)10-6-4-5-7-12(10)18/h4-9H,1-3H3,(H,19,20). The van der Waals surface area contributed by atoms with Crippen LogP contribution in [-0.2, 0) is 4.74 Å². The van der Waals surface area contributed by atoms with Crippen LogP contribution in [0.2, 0.25) is 0 Å². The smallest absolute Gasteiger partial charge is 0.340 e. The van der Waals surface area contributed by atoms with E-state index in [-0.39, 0.29) is 16.8 Å². The third-order valence-corrected chi connectivity index (χ3v) is 3.30. The fraction of sp³-hybridized carbons (Fsp3) is 0.176. The molecule has 0 radical (unpaired) electrons. The molecule has 1 N–H and O–H groups in total. The van der Waals surface area contributed by atoms with Crippen LogP contribution < -0.4 is 14.8 Å². The van der Waals surface area contributed by atoms with E-state index in [1.807, 2.05) is 0 Å². The van der Waals surface area contributed by atoms with Gasteiger partial charge in [-0.3, -0.25) is 4.79 Å². The second-order valence-corrected chi connectivity index (χ2v) is 4.68. The molecule has 0 saturated carbocycles. The Balaban J connectivity index is 2.46. The van der Waals surface area contributed by atoms with Crippen molar-refractivity contribution in [3.63, 3.8) is 0 Å². The average molecular weight is 333 g/mol. The lowest BCUT2D eigenvalue weighted by Gasteiger charge is -2.14. The van der Waals surface area contributed by atoms with E-state index in [4.69, 9.17) is 14.2 Å². The summed E-state index contributed by atoms with van der Waals surface area (Å²) >= 11 is 0. The van der Waals surface area contributed by atoms with Crippen molar-refractivity contribution in [1.82, 2.24) is 0 Å². The van der Waals surface area contributed by atoms with Crippen LogP contribution in [0.1, 0.15) is 20.7 Å². The number of esters is 1. The molecule has 0 atom stereocenters. The van der Waals surface area contributed by atoms with Crippen molar-refractivity contribution in [2.75, 3.05) is 26.6 Å². The fourth-order valence-corrected chi connectivity index (χ4v) is 2.10. The highest BCUT2D eigenvalue weighted by Gasteiger charge is 2.20. The van der Waals surface area contributed by atoms with Gasteiger partial charge in [0.1, 0.15) is 5.82 Å². The summed E-state index contributed by atoms with van der Waals surface area (Å²) < 4.78 is 28.7. The van der Waals surface area contributed by atoms with Gasteiger partial charge >= 0.3 is 5.97 Å². The summed E-state index contributed by atoms with van der Waals surface area (Å²) in [6.45, 7) is 0. The molecule has 0 aliphatic rings. The Morgan fingerprint density at radius 1 is 0.958 bits per heavy atom. The second-order valence-electron chi connectivity index (χ2n) is 4.68. The largest absolute Gasteiger partial charge is 0.493 e. The number of hydrogen-bond acceptors (Lipinski definition) is 5. The Labute approximate surface area is 138 Å². The normalized spacial score (nSPS) is 10.0. The predicted molar refractivity (Wildman–Crippen MR) is 85.2 cm³/mol. The highest BCUT2D eigenvalue weighted by Crippen LogP contribution is 2.34. The van der Waals surface area contributed by atoms with Crippen molar-refractivity contribution in [1.29, 1.82) is 0 Å². The van der Waals surface area contributed by atoms with Crippen LogP contribution >= 0.6 is 0 Å². The van der Waals surface area contributed by atoms with E-state index in [1.165, 1.54) is 57.7 Å². The Bertz CT molecular complexity index is 776. The van der Waals surface area contributed by atoms with Gasteiger partial charge in [-0.1, -0.05) is 12.1 Å². The first-order valence-electron chi connectivity index (χ1n) is 6.92. The zero-order chi connectivity index (χ0) is 17.7. The van der Waals surface area contributed by atoms with E-state index in [2.05, 4.69) is 5.32 Å². The molecular formula is C17H16FNO5. The Morgan fingerprint density at radius 2 is 1.58 bits per heavy atom. The number of halogens is 1. The van der Waals surface area contributed by atoms with Crippen LogP contribution in [0.25, 0.3) is 0 Å². The van der Waals surface area contributed by atoms with Crippen LogP contribution in [0.5, 0.6) is 11.5 Å². The van der Waals surface area contributed by atoms with Gasteiger partial charge in [-0.05, 0) is 12.1 Å². The molecular weight excluding hydrogens is 317 g/mol. The maximum atomic E-state index is 13.7. The quantitative estimate of drug-likeness (QED) is 0.852. The molecule has 2 aromatic rings. The zero-order valence-electron chi connectivity index (χ0n) is 13.4. The van der Waals surface area contributed by atoms with Crippen molar-refractivity contribution >= 4 is 17.6 Å². The first-order chi connectivity index (χ1) is 11.5. The minimum atomic E-state index is -0.703. The molecule has 2 aromatic carbocycles. The van der Waals surface area contributed by atoms with E-state index in [0.29, 0.717) is 11.5 Å². The van der Waals surface area contributed by atoms with E-state index >= 15 is 0 Å². The molecule has 0 aliphatic carbocycles. The van der Waals surface area contributed by atoms with Crippen molar-refractivity contribution in [3.8, 4) is 11.5 Å². The number of ether oxygens (including phenoxy) is 3. The number of amides is 1. The van der Waals surface area contributed by atoms with Gasteiger partial charge in [0.25, 0.3) is 5.91 Å². The molecule has 0 saturated heterocycles. The second kappa shape index (κ2) is 7.45. The number of carbonyl (C=O) groups excluding carboxylic acids is 2. The summed E-state index contributed by atoms with van der Waals surface area (Å²) in [5, 5.41) is 2.49. The van der Waals surface area contributed by atoms with Gasteiger partial charge in [0.15, 0.2) is 11.5 Å². The predicted octanol–water partition coefficient (Wildman–Crippen LogP) is 2.88. The molecule has 24 heavy (non-hydrogen) atoms. The lowest BCUT2D eigenvalue weighted by Crippen LogP contribution is -2.17. The average Bonchev–Trinajstić information content (AvgIpc) is 2.60. The highest BCUT2D eigenvalue weighted by molar-refractivity contribution is 6.08. The van der Waals surface area contributed by atoms with E-state index in [1.54, 1.807) is 0 Å². The summed E-state index contributed by atoms with van der Waals surface area (Å²) in [6.07, 6.45) is 0. The number of hydrogen-bond donors (Lipinski definition) is 1. The van der Waals surface area contributed by atoms with Gasteiger partial charge in [0.2, 0.25) is 0 Å². The van der Waals surface area contributed by atoms with Crippen molar-refractivity contribution in [3.05, 3.63) is 53.3 Å². The Kier molecular flexibility index (Phi) is 5.36. The lowest BCUT2D eigenvalue weighted by atomic mass is 10.1. The minimum Gasteiger partial charge on any atom is -0.493 e. The molecule has 126 valence electrons. The van der Waals surface area contributed by atoms with Crippen LogP contribution in [0, 0.1) is 5.82 Å². The summed E-state index contributed by atoms with van der Waals surface area (Å²) in [5.41, 5.74) is 0.0238. The van der Waals surface area contributed by atoms with Gasteiger partial charge < -0.3 is 19.5 Å². The lowest BCUT2D eigenvalue weighted by molar-refractivity contribution is 0.0601. The molecule has 7 heteroatoms. The maximum absolute atomic E-state index is 13.7. The number of carbonyl (C=O) groups is 2. The van der Waals surface area contributed by atoms with Gasteiger partial charge in [0.05, 0.1) is 38.1 Å². The summed E-state index contributed by atoms with van der Waals surface area (Å²) in [5.74, 6) is -1.46. The first kappa shape index (κ1) is 17.3. The maximum Gasteiger partial charge on any atom is 0.340 e. The first-order valence-corrected chi connectivity index (χ1v) is 6.92. The van der Waals surface area contributed by atoms with Crippen LogP contribution in [0.4, 0.5) is 10.1 Å². The number of nitrogens with one attached hydrogen (secondary N) is 1. The summed E-state index contributed by atoms with van der Waals surface area (Å²) in [6, 6.07) is 8.30. The molecule has 1 amide bonds. The van der Waals surface area contributed by atoms with Crippen LogP contribution in [-0.4, -0.2) is 33.2 Å². The van der Waals surface area contributed by atoms with Gasteiger partial charge in [0, 0.05) is 12.1 Å². The minimum absolute atomic E-state index is 0.0554. The number of benzene rings is 2. The van der Waals surface area contributed by atoms with Crippen molar-refractivity contribution in [2.45, 2.75) is 0 Å². The van der Waals surface area contributed by atoms with E-state index < -0.39 is 17.7 Å². The third kappa shape index (κ3) is 3.45. The molecule has 0 unspecified atom stereocenters. The molecule has 0 aromatic heterocycles. The Hall–Kier alpha value is -3.09. The van der Waals surface area contributed by atoms with Crippen LogP contribution in [0.3, 0.4) is 0 Å². The number of methoxy groups -OCH3 is 3. The van der Waals surface area contributed by atoms with Crippen molar-refractivity contribution < 1.29 is 28.2 Å². The molecule has 2 rings (SSSR count). The van der Waals surface area contributed by atoms with Gasteiger partial charge in [-0.2, -0.15) is 0 Å². The van der Waals surface area contributed by atoms with E-state index in [9.17, 15) is 14.0 Å². The van der Waals surface area contributed by atoms with Crippen molar-refractivity contribution in [2.24, 2.45) is 0 Å². The number of anilines is 1. The van der Waals surface area contributed by atoms with E-state index in [0.717, 1.165) is 0 Å². The highest BCUT2D eigenvalue weighted by atomic mass is 19.1. The topological polar surface area (TPSA) is 73.9 Å². The molecule has 0 heterocycles. The molecule has 0 fully saturated rings. The molecule has 6 nitrogen and oxygen atoms in total. The van der Waals surface area contributed by atoms with Gasteiger partial charge in [-0.15, -0.1) is 0 Å². The molecule has 0 bridgehead atoms. The van der Waals surface area contributed by atoms with Gasteiger partial charge in [-0.25, -0.2) is 9.18 Å². The number of rotatable bonds is 5. The van der Waals surface area contributed by atoms with Crippen LogP contribution in [0.15, 0.2) is 36.4 Å². The summed E-state index contributed by atoms with van der Waals surface area (Å²) in [4.78, 5) is 24.2. The molecule has 0 aliphatic heterocycles. The SMILES string of the molecule is COC(=O)c1cc(OC)c(OC)cc1NC(=O)c1ccccc1F. The fourth-order valence-electron chi connectivity index (χ4n) is 2.10. The monoisotopic (exact) mass is 333 g/mol. The zero-order valence-corrected chi connectivity index (χ0v) is 13.4. The Morgan fingerprint density at radius 3 is 2.17 bits per heavy atom. The third-order valence-electron chi connectivity index (χ3n) is 3.30. The molecule has 0 spiro atoms. The summed E-state index contributed by atoms with van der Waals surface area (Å²) in [7, 11) is 4.04.